The van der Waals surface area contributed by atoms with Gasteiger partial charge in [0.05, 0.1) is 31.1 Å². The van der Waals surface area contributed by atoms with Gasteiger partial charge in [-0.1, -0.05) is 0 Å². The van der Waals surface area contributed by atoms with Crippen LogP contribution in [-0.2, 0) is 34.0 Å². The molecule has 0 aliphatic heterocycles. The van der Waals surface area contributed by atoms with Crippen molar-refractivity contribution in [2.45, 2.75) is 19.8 Å². The number of carboxylic acid groups (broad SMARTS) is 1. The molecule has 0 radical (unpaired) electrons. The fraction of sp³-hybridized carbons (Fsp3) is 0.462. The molecule has 6 heteroatoms. The number of rotatable bonds is 7. The average Bonchev–Trinajstić information content (AvgIpc) is 2.36. The third-order valence-electron chi connectivity index (χ3n) is 2.79. The van der Waals surface area contributed by atoms with E-state index in [2.05, 4.69) is 0 Å². The first-order valence-electron chi connectivity index (χ1n) is 5.70. The average molecular weight is 269 g/mol. The number of methoxy groups -OCH3 is 3. The molecule has 3 N–H and O–H groups in total. The molecule has 19 heavy (non-hydrogen) atoms. The van der Waals surface area contributed by atoms with Gasteiger partial charge in [-0.15, -0.1) is 0 Å². The Kier molecular flexibility index (Phi) is 5.75. The number of carbonyl (C=O) groups is 1. The van der Waals surface area contributed by atoms with Gasteiger partial charge in [0.1, 0.15) is 0 Å². The van der Waals surface area contributed by atoms with E-state index in [1.807, 2.05) is 0 Å². The van der Waals surface area contributed by atoms with Crippen LogP contribution >= 0.6 is 0 Å². The van der Waals surface area contributed by atoms with Gasteiger partial charge in [-0.2, -0.15) is 0 Å². The summed E-state index contributed by atoms with van der Waals surface area (Å²) in [4.78, 5) is 11.2. The molecule has 0 aliphatic rings. The lowest BCUT2D eigenvalue weighted by Crippen LogP contribution is -2.13. The Morgan fingerprint density at radius 2 is 1.63 bits per heavy atom. The minimum atomic E-state index is -1.07. The predicted octanol–water partition coefficient (Wildman–Crippen LogP) is 1.41. The smallest absolute Gasteiger partial charge is 0.337 e. The van der Waals surface area contributed by atoms with Crippen LogP contribution < -0.4 is 5.73 Å². The predicted molar refractivity (Wildman–Crippen MR) is 70.0 cm³/mol. The Bertz CT molecular complexity index is 459. The number of nitrogen functional groups attached to an aromatic ring is 1. The lowest BCUT2D eigenvalue weighted by Gasteiger charge is -2.18. The second kappa shape index (κ2) is 7.08. The summed E-state index contributed by atoms with van der Waals surface area (Å²) in [5, 5.41) is 9.18. The quantitative estimate of drug-likeness (QED) is 0.727. The van der Waals surface area contributed by atoms with E-state index in [9.17, 15) is 9.90 Å². The molecule has 0 saturated heterocycles. The van der Waals surface area contributed by atoms with E-state index >= 15 is 0 Å². The highest BCUT2D eigenvalue weighted by atomic mass is 16.5. The summed E-state index contributed by atoms with van der Waals surface area (Å²) in [5.41, 5.74) is 8.36. The van der Waals surface area contributed by atoms with Crippen LogP contribution in [0.25, 0.3) is 0 Å². The van der Waals surface area contributed by atoms with Crippen LogP contribution in [0.5, 0.6) is 0 Å². The minimum absolute atomic E-state index is 0.0546. The van der Waals surface area contributed by atoms with Gasteiger partial charge in [0.15, 0.2) is 0 Å². The van der Waals surface area contributed by atoms with Crippen molar-refractivity contribution in [1.82, 2.24) is 0 Å². The second-order valence-corrected chi connectivity index (χ2v) is 4.06. The number of carboxylic acids is 1. The number of aromatic carboxylic acids is 1. The van der Waals surface area contributed by atoms with E-state index in [1.165, 1.54) is 13.2 Å². The molecule has 0 aromatic heterocycles. The van der Waals surface area contributed by atoms with Crippen molar-refractivity contribution < 1.29 is 24.1 Å². The molecule has 0 fully saturated rings. The van der Waals surface area contributed by atoms with Crippen LogP contribution in [0.2, 0.25) is 0 Å². The molecular weight excluding hydrogens is 250 g/mol. The summed E-state index contributed by atoms with van der Waals surface area (Å²) < 4.78 is 15.3. The van der Waals surface area contributed by atoms with Gasteiger partial charge in [0, 0.05) is 26.9 Å². The van der Waals surface area contributed by atoms with Crippen LogP contribution in [-0.4, -0.2) is 32.4 Å². The zero-order valence-electron chi connectivity index (χ0n) is 11.4. The molecule has 1 rings (SSSR count). The lowest BCUT2D eigenvalue weighted by molar-refractivity contribution is 0.0697. The summed E-state index contributed by atoms with van der Waals surface area (Å²) in [6.45, 7) is 0.833. The number of anilines is 1. The van der Waals surface area contributed by atoms with E-state index in [4.69, 9.17) is 19.9 Å². The molecule has 0 aliphatic carbocycles. The van der Waals surface area contributed by atoms with Gasteiger partial charge in [-0.25, -0.2) is 4.79 Å². The van der Waals surface area contributed by atoms with Crippen LogP contribution in [0.3, 0.4) is 0 Å². The van der Waals surface area contributed by atoms with Gasteiger partial charge >= 0.3 is 5.97 Å². The van der Waals surface area contributed by atoms with E-state index in [0.29, 0.717) is 12.2 Å². The first-order chi connectivity index (χ1) is 9.06. The molecule has 0 bridgehead atoms. The summed E-state index contributed by atoms with van der Waals surface area (Å²) in [5.74, 6) is -1.07. The van der Waals surface area contributed by atoms with Crippen molar-refractivity contribution >= 4 is 11.7 Å². The monoisotopic (exact) mass is 269 g/mol. The number of hydrogen-bond acceptors (Lipinski definition) is 5. The molecule has 6 nitrogen and oxygen atoms in total. The Hall–Kier alpha value is -1.63. The third kappa shape index (κ3) is 3.44. The second-order valence-electron chi connectivity index (χ2n) is 4.06. The molecule has 0 spiro atoms. The van der Waals surface area contributed by atoms with E-state index in [0.717, 1.165) is 11.1 Å². The molecule has 0 unspecified atom stereocenters. The molecule has 0 atom stereocenters. The van der Waals surface area contributed by atoms with Crippen LogP contribution in [0.15, 0.2) is 6.07 Å². The minimum Gasteiger partial charge on any atom is -0.478 e. The third-order valence-corrected chi connectivity index (χ3v) is 2.79. The summed E-state index contributed by atoms with van der Waals surface area (Å²) in [7, 11) is 4.64. The van der Waals surface area contributed by atoms with Crippen molar-refractivity contribution in [2.24, 2.45) is 0 Å². The standard InChI is InChI=1S/C13H19NO5/c1-17-5-8-4-9(13(15)16)12(14)11(7-19-3)10(8)6-18-2/h4H,5-7,14H2,1-3H3,(H,15,16). The zero-order chi connectivity index (χ0) is 14.4. The topological polar surface area (TPSA) is 91.0 Å². The van der Waals surface area contributed by atoms with E-state index < -0.39 is 5.97 Å². The van der Waals surface area contributed by atoms with Gasteiger partial charge in [0.2, 0.25) is 0 Å². The maximum Gasteiger partial charge on any atom is 0.337 e. The maximum absolute atomic E-state index is 11.2. The summed E-state index contributed by atoms with van der Waals surface area (Å²) >= 11 is 0. The summed E-state index contributed by atoms with van der Waals surface area (Å²) in [6.07, 6.45) is 0. The largest absolute Gasteiger partial charge is 0.478 e. The summed E-state index contributed by atoms with van der Waals surface area (Å²) in [6, 6.07) is 1.52. The fourth-order valence-corrected chi connectivity index (χ4v) is 1.95. The lowest BCUT2D eigenvalue weighted by atomic mass is 9.96. The molecule has 0 heterocycles. The van der Waals surface area contributed by atoms with Gasteiger partial charge in [-0.3, -0.25) is 0 Å². The molecule has 0 amide bonds. The Labute approximate surface area is 112 Å². The number of benzene rings is 1. The number of nitrogens with two attached hydrogens (primary N) is 1. The molecule has 1 aromatic rings. The number of ether oxygens (including phenoxy) is 3. The van der Waals surface area contributed by atoms with Crippen molar-refractivity contribution in [3.8, 4) is 0 Å². The van der Waals surface area contributed by atoms with Crippen molar-refractivity contribution in [3.63, 3.8) is 0 Å². The van der Waals surface area contributed by atoms with Crippen LogP contribution in [0, 0.1) is 0 Å². The maximum atomic E-state index is 11.2. The highest BCUT2D eigenvalue weighted by molar-refractivity contribution is 5.95. The van der Waals surface area contributed by atoms with Crippen molar-refractivity contribution in [3.05, 3.63) is 28.3 Å². The van der Waals surface area contributed by atoms with E-state index in [1.54, 1.807) is 14.2 Å². The Morgan fingerprint density at radius 3 is 2.11 bits per heavy atom. The van der Waals surface area contributed by atoms with E-state index in [-0.39, 0.29) is 24.5 Å². The molecular formula is C13H19NO5. The Morgan fingerprint density at radius 1 is 1.11 bits per heavy atom. The number of hydrogen-bond donors (Lipinski definition) is 2. The van der Waals surface area contributed by atoms with Crippen LogP contribution in [0.4, 0.5) is 5.69 Å². The van der Waals surface area contributed by atoms with Gasteiger partial charge in [0.25, 0.3) is 0 Å². The van der Waals surface area contributed by atoms with Gasteiger partial charge < -0.3 is 25.1 Å². The zero-order valence-corrected chi connectivity index (χ0v) is 11.4. The van der Waals surface area contributed by atoms with Crippen molar-refractivity contribution in [1.29, 1.82) is 0 Å². The molecule has 106 valence electrons. The molecule has 0 saturated carbocycles. The first-order valence-corrected chi connectivity index (χ1v) is 5.70. The Balaban J connectivity index is 3.47. The highest BCUT2D eigenvalue weighted by Gasteiger charge is 2.19. The normalized spacial score (nSPS) is 10.7. The highest BCUT2D eigenvalue weighted by Crippen LogP contribution is 2.28. The fourth-order valence-electron chi connectivity index (χ4n) is 1.95. The van der Waals surface area contributed by atoms with Crippen molar-refractivity contribution in [2.75, 3.05) is 27.1 Å². The first kappa shape index (κ1) is 15.4. The molecule has 1 aromatic carbocycles. The SMILES string of the molecule is COCc1cc(C(=O)O)c(N)c(COC)c1COC. The van der Waals surface area contributed by atoms with Gasteiger partial charge in [-0.05, 0) is 17.2 Å². The van der Waals surface area contributed by atoms with Crippen LogP contribution in [0.1, 0.15) is 27.0 Å².